The van der Waals surface area contributed by atoms with Crippen LogP contribution in [-0.4, -0.2) is 0 Å². The first-order valence-electron chi connectivity index (χ1n) is 48.1. The predicted molar refractivity (Wildman–Crippen MR) is 552 cm³/mol. The van der Waals surface area contributed by atoms with Crippen molar-refractivity contribution >= 4 is 0 Å². The second kappa shape index (κ2) is 34.9. The average Bonchev–Trinajstić information content (AvgIpc) is 1.56. The van der Waals surface area contributed by atoms with Crippen LogP contribution < -0.4 is 0 Å². The Bertz CT molecular complexity index is 7300. The lowest BCUT2D eigenvalue weighted by Crippen LogP contribution is -2.28. The maximum Gasteiger partial charge on any atom is 0.123 e. The largest absolute Gasteiger partial charge is 0.207 e. The highest BCUT2D eigenvalue weighted by molar-refractivity contribution is 5.90. The van der Waals surface area contributed by atoms with Gasteiger partial charge in [-0.2, -0.15) is 0 Å². The summed E-state index contributed by atoms with van der Waals surface area (Å²) >= 11 is 0. The highest BCUT2D eigenvalue weighted by atomic mass is 19.1. The van der Waals surface area contributed by atoms with Gasteiger partial charge in [0.15, 0.2) is 0 Å². The fourth-order valence-corrected chi connectivity index (χ4v) is 24.2. The minimum atomic E-state index is -0.304. The highest BCUT2D eigenvalue weighted by Gasteiger charge is 2.48. The van der Waals surface area contributed by atoms with Crippen LogP contribution in [0.2, 0.25) is 0 Å². The van der Waals surface area contributed by atoms with Gasteiger partial charge in [-0.25, -0.2) is 13.2 Å². The molecule has 25 rings (SSSR count). The number of aryl methyl sites for hydroxylation is 6. The Morgan fingerprint density at radius 3 is 0.752 bits per heavy atom. The van der Waals surface area contributed by atoms with E-state index < -0.39 is 0 Å². The van der Waals surface area contributed by atoms with Gasteiger partial charge in [0.1, 0.15) is 17.5 Å². The summed E-state index contributed by atoms with van der Waals surface area (Å²) in [6.45, 7) is 26.4. The molecule has 2 unspecified atom stereocenters. The van der Waals surface area contributed by atoms with E-state index in [-0.39, 0.29) is 49.9 Å². The van der Waals surface area contributed by atoms with Gasteiger partial charge in [0, 0.05) is 32.5 Å². The molecule has 2 fully saturated rings. The van der Waals surface area contributed by atoms with Crippen molar-refractivity contribution in [2.45, 2.75) is 180 Å². The summed E-state index contributed by atoms with van der Waals surface area (Å²) < 4.78 is 41.1. The van der Waals surface area contributed by atoms with Crippen molar-refractivity contribution in [3.05, 3.63) is 499 Å². The fraction of sp³-hybridized carbons (Fsp3) is 0.215. The molecule has 0 amide bonds. The van der Waals surface area contributed by atoms with Crippen LogP contribution in [0, 0.1) is 59.0 Å². The Hall–Kier alpha value is -13.5. The van der Waals surface area contributed by atoms with Crippen LogP contribution >= 0.6 is 0 Å². The van der Waals surface area contributed by atoms with Crippen molar-refractivity contribution in [3.63, 3.8) is 0 Å². The monoisotopic (exact) mass is 1730 g/mol. The fourth-order valence-electron chi connectivity index (χ4n) is 24.2. The Labute approximate surface area is 786 Å². The van der Waals surface area contributed by atoms with Crippen LogP contribution in [0.4, 0.5) is 13.2 Å². The van der Waals surface area contributed by atoms with Gasteiger partial charge in [-0.15, -0.1) is 0 Å². The summed E-state index contributed by atoms with van der Waals surface area (Å²) in [5.41, 5.74) is 50.1. The first-order chi connectivity index (χ1) is 64.3. The zero-order valence-electron chi connectivity index (χ0n) is 78.9. The molecule has 3 heteroatoms. The van der Waals surface area contributed by atoms with Crippen molar-refractivity contribution in [1.29, 1.82) is 0 Å². The molecule has 0 radical (unpaired) electrons. The predicted octanol–water partition coefficient (Wildman–Crippen LogP) is 35.1. The minimum Gasteiger partial charge on any atom is -0.207 e. The number of hydrogen-bond acceptors (Lipinski definition) is 0. The maximum absolute atomic E-state index is 13.9. The van der Waals surface area contributed by atoms with Crippen LogP contribution in [0.3, 0.4) is 0 Å². The molecule has 658 valence electrons. The SMILES string of the molecule is Cc1ccc2c(c1)-c1ccc(-c3ccccc3)cc1C2(C)C.Cc1ccc2c(c1)-c1ccc(-c3ccccc3)cc1C2(C)c1ccccc1.Cc1ccc2c(c1)-c1ccc(-c3ccccc3)cc1C21CCCCC1.Cc1ccc2c(c1)-c1ccc(F)cc1C2(C)C.Cc1ccc2c(c1)-c1ccc(F)cc1C2(C)c1ccccc1.Cc1ccc2c(c1)-c1ccc(F)cc1C21CCCCC1. The van der Waals surface area contributed by atoms with Gasteiger partial charge in [0.2, 0.25) is 0 Å². The molecule has 8 aliphatic carbocycles. The molecule has 2 atom stereocenters. The second-order valence-corrected chi connectivity index (χ2v) is 40.3. The number of benzene rings is 17. The molecule has 0 nitrogen and oxygen atoms in total. The van der Waals surface area contributed by atoms with Gasteiger partial charge in [0.25, 0.3) is 0 Å². The zero-order chi connectivity index (χ0) is 91.9. The van der Waals surface area contributed by atoms with Crippen LogP contribution in [0.15, 0.2) is 370 Å². The first kappa shape index (κ1) is 87.5. The molecule has 17 aromatic carbocycles. The van der Waals surface area contributed by atoms with Crippen molar-refractivity contribution in [1.82, 2.24) is 0 Å². The minimum absolute atomic E-state index is 0.0726. The highest BCUT2D eigenvalue weighted by Crippen LogP contribution is 2.61. The molecule has 2 saturated carbocycles. The number of hydrogen-bond donors (Lipinski definition) is 0. The summed E-state index contributed by atoms with van der Waals surface area (Å²) in [4.78, 5) is 0. The van der Waals surface area contributed by atoms with Gasteiger partial charge < -0.3 is 0 Å². The van der Waals surface area contributed by atoms with Gasteiger partial charge in [0.05, 0.1) is 0 Å². The summed E-state index contributed by atoms with van der Waals surface area (Å²) in [7, 11) is 0. The van der Waals surface area contributed by atoms with E-state index in [2.05, 4.69) is 380 Å². The van der Waals surface area contributed by atoms with E-state index in [4.69, 9.17) is 0 Å². The third-order valence-corrected chi connectivity index (χ3v) is 31.1. The van der Waals surface area contributed by atoms with Crippen LogP contribution in [0.5, 0.6) is 0 Å². The second-order valence-electron chi connectivity index (χ2n) is 40.3. The van der Waals surface area contributed by atoms with Crippen molar-refractivity contribution in [2.24, 2.45) is 0 Å². The maximum atomic E-state index is 13.9. The molecule has 2 spiro atoms. The molecule has 0 aliphatic heterocycles. The molecule has 0 saturated heterocycles. The summed E-state index contributed by atoms with van der Waals surface area (Å²) in [6.07, 6.45) is 12.8. The molecule has 133 heavy (non-hydrogen) atoms. The number of rotatable bonds is 5. The van der Waals surface area contributed by atoms with E-state index in [0.29, 0.717) is 0 Å². The smallest absolute Gasteiger partial charge is 0.123 e. The molecular weight excluding hydrogens is 1620 g/mol. The van der Waals surface area contributed by atoms with Crippen LogP contribution in [0.1, 0.15) is 217 Å². The van der Waals surface area contributed by atoms with Crippen LogP contribution in [0.25, 0.3) is 100 Å². The van der Waals surface area contributed by atoms with E-state index in [0.717, 1.165) is 16.7 Å². The molecule has 8 aliphatic rings. The third-order valence-electron chi connectivity index (χ3n) is 31.1. The Morgan fingerprint density at radius 1 is 0.173 bits per heavy atom. The lowest BCUT2D eigenvalue weighted by Gasteiger charge is -2.36. The first-order valence-corrected chi connectivity index (χ1v) is 48.1. The molecule has 0 aromatic heterocycles. The Morgan fingerprint density at radius 2 is 0.406 bits per heavy atom. The summed E-state index contributed by atoms with van der Waals surface area (Å²) in [5, 5.41) is 0. The molecule has 17 aromatic rings. The van der Waals surface area contributed by atoms with E-state index in [9.17, 15) is 13.2 Å². The summed E-state index contributed by atoms with van der Waals surface area (Å²) in [6, 6.07) is 131. The Kier molecular flexibility index (Phi) is 23.0. The standard InChI is InChI=1S/C27H22.C25H24.C22H20.C21H17F.C19H19F.C16H15F/c1-19-13-16-25-24(17-19)23-15-14-21(20-9-5-3-6-10-20)18-26(23)27(25,2)22-11-7-4-8-12-22;1-18-10-13-23-22(16-18)21-12-11-20(19-8-4-2-5-9-19)17-24(21)25(23)14-6-3-7-15-25;1-15-9-12-20-19(13-15)18-11-10-17(14-21(18)22(20,2)3)16-7-5-4-6-8-16;1-14-8-11-19-18(12-14)17-10-9-16(22)13-20(17)21(19,2)15-6-4-3-5-7-15;1-13-5-8-17-16(11-13)15-7-6-14(20)12-18(15)19(17)9-3-2-4-10-19;1-10-4-7-14-13(8-10)12-6-5-11(17)9-15(12)16(14,2)3/h3-18H,1-2H3;2,4-5,8-13,16-17H,3,6-7,14-15H2,1H3;4-14H,1-3H3;3-13H,1-2H3;5-8,11-12H,2-4,9-10H2,1H3;4-9H,1-3H3. The number of halogens is 3. The third kappa shape index (κ3) is 15.5. The normalized spacial score (nSPS) is 17.1. The van der Waals surface area contributed by atoms with Gasteiger partial charge in [-0.1, -0.05) is 415 Å². The van der Waals surface area contributed by atoms with Crippen molar-refractivity contribution < 1.29 is 13.2 Å². The van der Waals surface area contributed by atoms with E-state index in [1.54, 1.807) is 47.5 Å². The lowest BCUT2D eigenvalue weighted by atomic mass is 9.67. The van der Waals surface area contributed by atoms with E-state index in [1.165, 1.54) is 248 Å². The zero-order valence-corrected chi connectivity index (χ0v) is 78.9. The van der Waals surface area contributed by atoms with Crippen molar-refractivity contribution in [3.8, 4) is 100 Å². The van der Waals surface area contributed by atoms with Crippen molar-refractivity contribution in [2.75, 3.05) is 0 Å². The molecule has 0 N–H and O–H groups in total. The van der Waals surface area contributed by atoms with Crippen LogP contribution in [-0.2, 0) is 32.5 Å². The van der Waals surface area contributed by atoms with Gasteiger partial charge in [-0.3, -0.25) is 0 Å². The average molecular weight is 1740 g/mol. The quantitative estimate of drug-likeness (QED) is 0.161. The number of fused-ring (bicyclic) bond motifs is 22. The van der Waals surface area contributed by atoms with Gasteiger partial charge >= 0.3 is 0 Å². The lowest BCUT2D eigenvalue weighted by molar-refractivity contribution is 0.352. The molecule has 0 bridgehead atoms. The van der Waals surface area contributed by atoms with Gasteiger partial charge in [-0.05, 0) is 314 Å². The Balaban J connectivity index is 0.0000000998. The molecule has 0 heterocycles. The van der Waals surface area contributed by atoms with E-state index in [1.807, 2.05) is 36.4 Å². The summed E-state index contributed by atoms with van der Waals surface area (Å²) in [5.74, 6) is -0.426. The van der Waals surface area contributed by atoms with E-state index >= 15 is 0 Å². The molecular formula is C130H117F3. The topological polar surface area (TPSA) is 0 Å².